The average molecular weight is 315 g/mol. The molecule has 2 N–H and O–H groups in total. The molecule has 2 aromatic rings. The minimum atomic E-state index is 0.232. The number of hydrogen-bond donors (Lipinski definition) is 2. The Balaban J connectivity index is 2.05. The predicted octanol–water partition coefficient (Wildman–Crippen LogP) is 3.44. The summed E-state index contributed by atoms with van der Waals surface area (Å²) in [5.74, 6) is 2.06. The van der Waals surface area contributed by atoms with Crippen molar-refractivity contribution >= 4 is 0 Å². The van der Waals surface area contributed by atoms with Gasteiger partial charge < -0.3 is 19.9 Å². The van der Waals surface area contributed by atoms with E-state index in [0.717, 1.165) is 34.6 Å². The number of nitrogens with one attached hydrogen (secondary N) is 1. The highest BCUT2D eigenvalue weighted by Crippen LogP contribution is 2.29. The number of phenolic OH excluding ortho intramolecular Hbond substituents is 1. The van der Waals surface area contributed by atoms with Gasteiger partial charge in [-0.25, -0.2) is 0 Å². The van der Waals surface area contributed by atoms with Crippen molar-refractivity contribution in [3.63, 3.8) is 0 Å². The highest BCUT2D eigenvalue weighted by molar-refractivity contribution is 5.46. The average Bonchev–Trinajstić information content (AvgIpc) is 2.55. The summed E-state index contributed by atoms with van der Waals surface area (Å²) in [7, 11) is 3.36. The first kappa shape index (κ1) is 17.2. The van der Waals surface area contributed by atoms with Gasteiger partial charge in [0.15, 0.2) is 0 Å². The Morgan fingerprint density at radius 2 is 1.74 bits per heavy atom. The molecule has 0 aliphatic carbocycles. The van der Waals surface area contributed by atoms with Crippen LogP contribution in [0.5, 0.6) is 17.2 Å². The molecule has 0 fully saturated rings. The number of methoxy groups -OCH3 is 2. The van der Waals surface area contributed by atoms with Crippen LogP contribution >= 0.6 is 0 Å². The fraction of sp³-hybridized carbons (Fsp3) is 0.368. The van der Waals surface area contributed by atoms with Gasteiger partial charge in [-0.3, -0.25) is 0 Å². The van der Waals surface area contributed by atoms with Crippen LogP contribution in [-0.2, 0) is 13.0 Å². The topological polar surface area (TPSA) is 50.7 Å². The van der Waals surface area contributed by atoms with Crippen molar-refractivity contribution in [1.82, 2.24) is 5.32 Å². The largest absolute Gasteiger partial charge is 0.508 e. The number of rotatable bonds is 7. The molecule has 0 aliphatic heterocycles. The third-order valence-electron chi connectivity index (χ3n) is 3.96. The Morgan fingerprint density at radius 1 is 1.04 bits per heavy atom. The van der Waals surface area contributed by atoms with E-state index in [0.29, 0.717) is 12.3 Å². The van der Waals surface area contributed by atoms with Gasteiger partial charge in [0.05, 0.1) is 14.2 Å². The van der Waals surface area contributed by atoms with Gasteiger partial charge in [-0.15, -0.1) is 0 Å². The molecule has 0 saturated heterocycles. The van der Waals surface area contributed by atoms with Crippen molar-refractivity contribution in [3.8, 4) is 17.2 Å². The lowest BCUT2D eigenvalue weighted by Crippen LogP contribution is -2.27. The summed E-state index contributed by atoms with van der Waals surface area (Å²) in [6.07, 6.45) is 0.813. The standard InChI is InChI=1S/C19H25NO3/c1-13-9-19(23-4)16(11-18(13)22-3)10-14(2)20-12-15-7-5-6-8-17(15)21/h5-9,11,14,20-21H,10,12H2,1-4H3. The molecule has 0 heterocycles. The molecule has 23 heavy (non-hydrogen) atoms. The quantitative estimate of drug-likeness (QED) is 0.822. The summed E-state index contributed by atoms with van der Waals surface area (Å²) in [6.45, 7) is 4.75. The number of aromatic hydroxyl groups is 1. The molecule has 4 nitrogen and oxygen atoms in total. The van der Waals surface area contributed by atoms with E-state index in [2.05, 4.69) is 12.2 Å². The third kappa shape index (κ3) is 4.39. The Morgan fingerprint density at radius 3 is 2.39 bits per heavy atom. The zero-order chi connectivity index (χ0) is 16.8. The maximum Gasteiger partial charge on any atom is 0.122 e. The monoisotopic (exact) mass is 315 g/mol. The van der Waals surface area contributed by atoms with Crippen LogP contribution < -0.4 is 14.8 Å². The highest BCUT2D eigenvalue weighted by Gasteiger charge is 2.12. The number of hydrogen-bond acceptors (Lipinski definition) is 4. The van der Waals surface area contributed by atoms with Gasteiger partial charge in [0, 0.05) is 18.2 Å². The number of para-hydroxylation sites is 1. The van der Waals surface area contributed by atoms with Crippen LogP contribution in [0.25, 0.3) is 0 Å². The van der Waals surface area contributed by atoms with Crippen LogP contribution in [0.3, 0.4) is 0 Å². The van der Waals surface area contributed by atoms with Gasteiger partial charge in [0.1, 0.15) is 17.2 Å². The summed E-state index contributed by atoms with van der Waals surface area (Å²) in [6, 6.07) is 11.6. The van der Waals surface area contributed by atoms with Gasteiger partial charge in [0.25, 0.3) is 0 Å². The zero-order valence-corrected chi connectivity index (χ0v) is 14.2. The fourth-order valence-electron chi connectivity index (χ4n) is 2.62. The Labute approximate surface area is 138 Å². The van der Waals surface area contributed by atoms with E-state index in [1.807, 2.05) is 37.3 Å². The SMILES string of the molecule is COc1cc(CC(C)NCc2ccccc2O)c(OC)cc1C. The van der Waals surface area contributed by atoms with E-state index in [-0.39, 0.29) is 6.04 Å². The first-order valence-electron chi connectivity index (χ1n) is 7.77. The molecule has 0 aromatic heterocycles. The molecule has 1 atom stereocenters. The van der Waals surface area contributed by atoms with E-state index in [9.17, 15) is 5.11 Å². The molecule has 0 saturated carbocycles. The number of benzene rings is 2. The minimum absolute atomic E-state index is 0.232. The van der Waals surface area contributed by atoms with Crippen LogP contribution in [0.15, 0.2) is 36.4 Å². The molecular weight excluding hydrogens is 290 g/mol. The Kier molecular flexibility index (Phi) is 5.88. The molecule has 0 aliphatic rings. The van der Waals surface area contributed by atoms with Crippen molar-refractivity contribution in [2.45, 2.75) is 32.9 Å². The lowest BCUT2D eigenvalue weighted by molar-refractivity contribution is 0.393. The summed E-state index contributed by atoms with van der Waals surface area (Å²) in [5.41, 5.74) is 3.06. The lowest BCUT2D eigenvalue weighted by Gasteiger charge is -2.18. The van der Waals surface area contributed by atoms with E-state index in [1.165, 1.54) is 0 Å². The second kappa shape index (κ2) is 7.88. The zero-order valence-electron chi connectivity index (χ0n) is 14.2. The van der Waals surface area contributed by atoms with Gasteiger partial charge in [0.2, 0.25) is 0 Å². The van der Waals surface area contributed by atoms with Gasteiger partial charge in [-0.2, -0.15) is 0 Å². The summed E-state index contributed by atoms with van der Waals surface area (Å²) < 4.78 is 10.9. The summed E-state index contributed by atoms with van der Waals surface area (Å²) in [4.78, 5) is 0. The van der Waals surface area contributed by atoms with Crippen molar-refractivity contribution in [2.75, 3.05) is 14.2 Å². The first-order chi connectivity index (χ1) is 11.0. The summed E-state index contributed by atoms with van der Waals surface area (Å²) in [5, 5.41) is 13.3. The van der Waals surface area contributed by atoms with Crippen molar-refractivity contribution in [3.05, 3.63) is 53.1 Å². The van der Waals surface area contributed by atoms with Crippen LogP contribution in [0.1, 0.15) is 23.6 Å². The highest BCUT2D eigenvalue weighted by atomic mass is 16.5. The molecule has 1 unspecified atom stereocenters. The molecular formula is C19H25NO3. The van der Waals surface area contributed by atoms with Crippen molar-refractivity contribution in [2.24, 2.45) is 0 Å². The van der Waals surface area contributed by atoms with Crippen LogP contribution in [-0.4, -0.2) is 25.4 Å². The molecule has 2 aromatic carbocycles. The second-order valence-electron chi connectivity index (χ2n) is 5.75. The van der Waals surface area contributed by atoms with Gasteiger partial charge in [-0.05, 0) is 49.6 Å². The molecule has 0 spiro atoms. The molecule has 2 rings (SSSR count). The van der Waals surface area contributed by atoms with Crippen molar-refractivity contribution in [1.29, 1.82) is 0 Å². The number of ether oxygens (including phenoxy) is 2. The number of aryl methyl sites for hydroxylation is 1. The normalized spacial score (nSPS) is 12.0. The van der Waals surface area contributed by atoms with E-state index >= 15 is 0 Å². The van der Waals surface area contributed by atoms with Crippen LogP contribution in [0.4, 0.5) is 0 Å². The maximum atomic E-state index is 9.82. The predicted molar refractivity (Wildman–Crippen MR) is 92.4 cm³/mol. The molecule has 4 heteroatoms. The van der Waals surface area contributed by atoms with Crippen LogP contribution in [0.2, 0.25) is 0 Å². The third-order valence-corrected chi connectivity index (χ3v) is 3.96. The van der Waals surface area contributed by atoms with Gasteiger partial charge in [-0.1, -0.05) is 18.2 Å². The maximum absolute atomic E-state index is 9.82. The first-order valence-corrected chi connectivity index (χ1v) is 7.77. The molecule has 124 valence electrons. The smallest absolute Gasteiger partial charge is 0.122 e. The molecule has 0 bridgehead atoms. The Bertz CT molecular complexity index is 655. The molecule has 0 amide bonds. The fourth-order valence-corrected chi connectivity index (χ4v) is 2.62. The van der Waals surface area contributed by atoms with Gasteiger partial charge >= 0.3 is 0 Å². The Hall–Kier alpha value is -2.20. The lowest BCUT2D eigenvalue weighted by atomic mass is 10.0. The van der Waals surface area contributed by atoms with Crippen LogP contribution in [0, 0.1) is 6.92 Å². The van der Waals surface area contributed by atoms with E-state index < -0.39 is 0 Å². The second-order valence-corrected chi connectivity index (χ2v) is 5.75. The summed E-state index contributed by atoms with van der Waals surface area (Å²) >= 11 is 0. The van der Waals surface area contributed by atoms with E-state index in [4.69, 9.17) is 9.47 Å². The van der Waals surface area contributed by atoms with E-state index in [1.54, 1.807) is 20.3 Å². The van der Waals surface area contributed by atoms with Crippen molar-refractivity contribution < 1.29 is 14.6 Å². The number of phenols is 1. The molecule has 0 radical (unpaired) electrons. The minimum Gasteiger partial charge on any atom is -0.508 e.